The maximum atomic E-state index is 12.7. The summed E-state index contributed by atoms with van der Waals surface area (Å²) in [6, 6.07) is 1.67. The van der Waals surface area contributed by atoms with Crippen molar-refractivity contribution in [3.8, 4) is 6.07 Å². The van der Waals surface area contributed by atoms with Crippen LogP contribution in [0.4, 0.5) is 26.3 Å². The fourth-order valence-corrected chi connectivity index (χ4v) is 1.73. The molecule has 0 spiro atoms. The van der Waals surface area contributed by atoms with Gasteiger partial charge in [0.25, 0.3) is 0 Å². The Morgan fingerprint density at radius 1 is 1.16 bits per heavy atom. The van der Waals surface area contributed by atoms with Gasteiger partial charge in [-0.2, -0.15) is 36.7 Å². The van der Waals surface area contributed by atoms with Crippen molar-refractivity contribution in [1.29, 1.82) is 5.26 Å². The first-order valence-electron chi connectivity index (χ1n) is 5.16. The lowest BCUT2D eigenvalue weighted by molar-refractivity contribution is -0.145. The topological polar surface area (TPSA) is 41.6 Å². The van der Waals surface area contributed by atoms with Crippen molar-refractivity contribution >= 4 is 0 Å². The molecule has 0 aliphatic heterocycles. The summed E-state index contributed by atoms with van der Waals surface area (Å²) in [6.45, 7) is 0. The molecule has 1 aromatic heterocycles. The highest BCUT2D eigenvalue weighted by atomic mass is 19.4. The average Bonchev–Trinajstić information content (AvgIpc) is 2.54. The lowest BCUT2D eigenvalue weighted by atomic mass is 10.0. The van der Waals surface area contributed by atoms with Crippen LogP contribution in [0.5, 0.6) is 0 Å². The van der Waals surface area contributed by atoms with E-state index < -0.39 is 35.7 Å². The van der Waals surface area contributed by atoms with Gasteiger partial charge in [0.2, 0.25) is 0 Å². The van der Waals surface area contributed by atoms with Gasteiger partial charge in [-0.1, -0.05) is 0 Å². The monoisotopic (exact) mass is 285 g/mol. The van der Waals surface area contributed by atoms with Crippen LogP contribution < -0.4 is 0 Å². The molecule has 0 atom stereocenters. The Morgan fingerprint density at radius 2 is 1.74 bits per heavy atom. The van der Waals surface area contributed by atoms with Gasteiger partial charge in [-0.05, 0) is 12.8 Å². The van der Waals surface area contributed by atoms with Gasteiger partial charge in [0.05, 0.1) is 6.07 Å². The minimum Gasteiger partial charge on any atom is -0.263 e. The average molecular weight is 285 g/mol. The summed E-state index contributed by atoms with van der Waals surface area (Å²) < 4.78 is 76.3. The number of rotatable bonds is 3. The van der Waals surface area contributed by atoms with Crippen LogP contribution >= 0.6 is 0 Å². The van der Waals surface area contributed by atoms with E-state index >= 15 is 0 Å². The Bertz CT molecular complexity index is 491. The maximum absolute atomic E-state index is 12.7. The van der Waals surface area contributed by atoms with Gasteiger partial charge in [-0.25, -0.2) is 0 Å². The first-order chi connectivity index (χ1) is 8.59. The largest absolute Gasteiger partial charge is 0.435 e. The SMILES string of the molecule is Cn1nc(C(F)(F)F)c(CCCC#N)c1C(F)(F)F. The zero-order valence-corrected chi connectivity index (χ0v) is 9.73. The van der Waals surface area contributed by atoms with Crippen LogP contribution in [-0.2, 0) is 25.8 Å². The molecule has 0 bridgehead atoms. The summed E-state index contributed by atoms with van der Waals surface area (Å²) in [6.07, 6.45) is -10.6. The molecular formula is C10H9F6N3. The highest BCUT2D eigenvalue weighted by molar-refractivity contribution is 5.31. The van der Waals surface area contributed by atoms with Crippen molar-refractivity contribution in [3.63, 3.8) is 0 Å². The Kier molecular flexibility index (Phi) is 4.12. The highest BCUT2D eigenvalue weighted by Crippen LogP contribution is 2.39. The predicted octanol–water partition coefficient (Wildman–Crippen LogP) is 3.30. The Hall–Kier alpha value is -1.72. The molecule has 0 aromatic carbocycles. The summed E-state index contributed by atoms with van der Waals surface area (Å²) in [7, 11) is 0.811. The summed E-state index contributed by atoms with van der Waals surface area (Å²) in [5.41, 5.74) is -3.87. The third kappa shape index (κ3) is 3.39. The third-order valence-electron chi connectivity index (χ3n) is 2.40. The Balaban J connectivity index is 3.31. The second-order valence-electron chi connectivity index (χ2n) is 3.81. The van der Waals surface area contributed by atoms with E-state index in [1.807, 2.05) is 0 Å². The number of nitrogens with zero attached hydrogens (tertiary/aromatic N) is 3. The van der Waals surface area contributed by atoms with Gasteiger partial charge in [-0.15, -0.1) is 0 Å². The molecule has 1 rings (SSSR count). The fourth-order valence-electron chi connectivity index (χ4n) is 1.73. The minimum atomic E-state index is -4.96. The van der Waals surface area contributed by atoms with Crippen molar-refractivity contribution in [2.24, 2.45) is 7.05 Å². The van der Waals surface area contributed by atoms with E-state index in [2.05, 4.69) is 5.10 Å². The number of halogens is 6. The van der Waals surface area contributed by atoms with E-state index in [4.69, 9.17) is 5.26 Å². The normalized spacial score (nSPS) is 12.5. The van der Waals surface area contributed by atoms with Gasteiger partial charge in [0.15, 0.2) is 5.69 Å². The van der Waals surface area contributed by atoms with Crippen molar-refractivity contribution < 1.29 is 26.3 Å². The van der Waals surface area contributed by atoms with Crippen molar-refractivity contribution in [2.45, 2.75) is 31.6 Å². The van der Waals surface area contributed by atoms with Crippen LogP contribution in [0.3, 0.4) is 0 Å². The molecule has 1 heterocycles. The molecule has 0 N–H and O–H groups in total. The number of unbranched alkanes of at least 4 members (excludes halogenated alkanes) is 1. The zero-order chi connectivity index (χ0) is 14.8. The second-order valence-corrected chi connectivity index (χ2v) is 3.81. The van der Waals surface area contributed by atoms with E-state index in [0.717, 1.165) is 7.05 Å². The lowest BCUT2D eigenvalue weighted by Gasteiger charge is -2.10. The number of hydrogen-bond donors (Lipinski definition) is 0. The van der Waals surface area contributed by atoms with E-state index in [0.29, 0.717) is 0 Å². The molecule has 106 valence electrons. The Morgan fingerprint density at radius 3 is 2.16 bits per heavy atom. The molecule has 0 unspecified atom stereocenters. The molecule has 9 heteroatoms. The van der Waals surface area contributed by atoms with E-state index in [1.165, 1.54) is 0 Å². The molecule has 0 saturated heterocycles. The van der Waals surface area contributed by atoms with E-state index in [1.54, 1.807) is 6.07 Å². The van der Waals surface area contributed by atoms with Crippen LogP contribution in [0.2, 0.25) is 0 Å². The van der Waals surface area contributed by atoms with Crippen LogP contribution in [0.25, 0.3) is 0 Å². The highest BCUT2D eigenvalue weighted by Gasteiger charge is 2.45. The van der Waals surface area contributed by atoms with Crippen LogP contribution in [0.1, 0.15) is 29.8 Å². The summed E-state index contributed by atoms with van der Waals surface area (Å²) in [4.78, 5) is 0. The van der Waals surface area contributed by atoms with Crippen molar-refractivity contribution in [2.75, 3.05) is 0 Å². The smallest absolute Gasteiger partial charge is 0.263 e. The van der Waals surface area contributed by atoms with Gasteiger partial charge in [0, 0.05) is 19.0 Å². The Labute approximate surface area is 104 Å². The molecule has 0 saturated carbocycles. The van der Waals surface area contributed by atoms with Crippen LogP contribution in [0, 0.1) is 11.3 Å². The van der Waals surface area contributed by atoms with E-state index in [-0.39, 0.29) is 17.5 Å². The van der Waals surface area contributed by atoms with Gasteiger partial charge >= 0.3 is 12.4 Å². The first kappa shape index (κ1) is 15.3. The van der Waals surface area contributed by atoms with Crippen LogP contribution in [-0.4, -0.2) is 9.78 Å². The molecule has 0 aliphatic rings. The molecule has 19 heavy (non-hydrogen) atoms. The number of hydrogen-bond acceptors (Lipinski definition) is 2. The van der Waals surface area contributed by atoms with Crippen molar-refractivity contribution in [1.82, 2.24) is 9.78 Å². The molecule has 0 fully saturated rings. The molecule has 0 amide bonds. The molecule has 3 nitrogen and oxygen atoms in total. The summed E-state index contributed by atoms with van der Waals surface area (Å²) in [5.74, 6) is 0. The fraction of sp³-hybridized carbons (Fsp3) is 0.600. The number of aromatic nitrogens is 2. The van der Waals surface area contributed by atoms with Gasteiger partial charge in [-0.3, -0.25) is 4.68 Å². The molecule has 0 aliphatic carbocycles. The number of nitriles is 1. The molecular weight excluding hydrogens is 276 g/mol. The standard InChI is InChI=1S/C10H9F6N3/c1-19-8(10(14,15)16)6(4-2-3-5-17)7(18-19)9(11,12)13/h2-4H2,1H3. The molecule has 0 radical (unpaired) electrons. The van der Waals surface area contributed by atoms with Gasteiger partial charge in [0.1, 0.15) is 5.69 Å². The van der Waals surface area contributed by atoms with E-state index in [9.17, 15) is 26.3 Å². The predicted molar refractivity (Wildman–Crippen MR) is 51.8 cm³/mol. The molecule has 1 aromatic rings. The first-order valence-corrected chi connectivity index (χ1v) is 5.16. The lowest BCUT2D eigenvalue weighted by Crippen LogP contribution is -2.15. The number of alkyl halides is 6. The quantitative estimate of drug-likeness (QED) is 0.631. The second kappa shape index (κ2) is 5.11. The summed E-state index contributed by atoms with van der Waals surface area (Å²) >= 11 is 0. The van der Waals surface area contributed by atoms with Crippen molar-refractivity contribution in [3.05, 3.63) is 17.0 Å². The minimum absolute atomic E-state index is 0.0889. The summed E-state index contributed by atoms with van der Waals surface area (Å²) in [5, 5.41) is 11.2. The third-order valence-corrected chi connectivity index (χ3v) is 2.40. The zero-order valence-electron chi connectivity index (χ0n) is 9.73. The van der Waals surface area contributed by atoms with Gasteiger partial charge < -0.3 is 0 Å². The number of aryl methyl sites for hydroxylation is 1. The van der Waals surface area contributed by atoms with Crippen LogP contribution in [0.15, 0.2) is 0 Å². The maximum Gasteiger partial charge on any atom is 0.435 e.